The number of fused-ring (bicyclic) bond motifs is 1. The molecule has 1 unspecified atom stereocenters. The van der Waals surface area contributed by atoms with E-state index in [0.717, 1.165) is 24.8 Å². The van der Waals surface area contributed by atoms with Crippen LogP contribution in [0.15, 0.2) is 60.0 Å². The van der Waals surface area contributed by atoms with Crippen molar-refractivity contribution in [3.8, 4) is 11.5 Å². The molecule has 1 aliphatic carbocycles. The summed E-state index contributed by atoms with van der Waals surface area (Å²) >= 11 is 1.68. The Morgan fingerprint density at radius 1 is 1.11 bits per heavy atom. The SMILES string of the molecule is COc1cccc(C(=O)N(CC(=O)N2CCc3sccc3C2COc2ccc(F)cc2)CC2CC2)c1. The van der Waals surface area contributed by atoms with Crippen molar-refractivity contribution in [3.05, 3.63) is 81.8 Å². The monoisotopic (exact) mass is 508 g/mol. The highest BCUT2D eigenvalue weighted by Gasteiger charge is 2.35. The van der Waals surface area contributed by atoms with E-state index in [4.69, 9.17) is 9.47 Å². The van der Waals surface area contributed by atoms with E-state index in [-0.39, 0.29) is 36.8 Å². The molecule has 0 N–H and O–H groups in total. The molecule has 2 heterocycles. The molecule has 5 rings (SSSR count). The van der Waals surface area contributed by atoms with Gasteiger partial charge >= 0.3 is 0 Å². The van der Waals surface area contributed by atoms with Gasteiger partial charge in [-0.3, -0.25) is 9.59 Å². The number of benzene rings is 2. The van der Waals surface area contributed by atoms with Gasteiger partial charge in [-0.25, -0.2) is 4.39 Å². The van der Waals surface area contributed by atoms with Gasteiger partial charge in [-0.15, -0.1) is 11.3 Å². The molecule has 36 heavy (non-hydrogen) atoms. The van der Waals surface area contributed by atoms with Gasteiger partial charge in [0.05, 0.1) is 13.2 Å². The van der Waals surface area contributed by atoms with E-state index in [2.05, 4.69) is 0 Å². The summed E-state index contributed by atoms with van der Waals surface area (Å²) in [5, 5.41) is 2.04. The summed E-state index contributed by atoms with van der Waals surface area (Å²) in [5.74, 6) is 1.01. The van der Waals surface area contributed by atoms with Crippen molar-refractivity contribution in [1.29, 1.82) is 0 Å². The average Bonchev–Trinajstić information content (AvgIpc) is 3.59. The molecule has 0 spiro atoms. The zero-order chi connectivity index (χ0) is 25.1. The fraction of sp³-hybridized carbons (Fsp3) is 0.357. The first-order chi connectivity index (χ1) is 17.5. The highest BCUT2D eigenvalue weighted by molar-refractivity contribution is 7.10. The minimum Gasteiger partial charge on any atom is -0.497 e. The van der Waals surface area contributed by atoms with Gasteiger partial charge in [0.25, 0.3) is 5.91 Å². The lowest BCUT2D eigenvalue weighted by molar-refractivity contribution is -0.135. The summed E-state index contributed by atoms with van der Waals surface area (Å²) in [6, 6.07) is 14.7. The highest BCUT2D eigenvalue weighted by atomic mass is 32.1. The zero-order valence-corrected chi connectivity index (χ0v) is 21.0. The van der Waals surface area contributed by atoms with Crippen LogP contribution in [0.5, 0.6) is 11.5 Å². The van der Waals surface area contributed by atoms with E-state index in [1.165, 1.54) is 17.0 Å². The van der Waals surface area contributed by atoms with Crippen molar-refractivity contribution in [3.63, 3.8) is 0 Å². The third-order valence-corrected chi connectivity index (χ3v) is 7.74. The number of hydrogen-bond donors (Lipinski definition) is 0. The molecule has 2 aliphatic rings. The number of ether oxygens (including phenoxy) is 2. The van der Waals surface area contributed by atoms with E-state index >= 15 is 0 Å². The third-order valence-electron chi connectivity index (χ3n) is 6.74. The molecule has 2 amide bonds. The first-order valence-corrected chi connectivity index (χ1v) is 13.1. The van der Waals surface area contributed by atoms with Crippen molar-refractivity contribution in [2.24, 2.45) is 5.92 Å². The first kappa shape index (κ1) is 24.3. The second kappa shape index (κ2) is 10.7. The Kier molecular flexibility index (Phi) is 7.23. The molecule has 188 valence electrons. The standard InChI is InChI=1S/C28H29FN2O4S/c1-34-23-4-2-3-20(15-23)28(33)30(16-19-5-6-19)17-27(32)31-13-11-26-24(12-14-36-26)25(31)18-35-22-9-7-21(29)8-10-22/h2-4,7-10,12,14-15,19,25H,5-6,11,13,16-18H2,1H3. The van der Waals surface area contributed by atoms with Crippen LogP contribution in [0.2, 0.25) is 0 Å². The second-order valence-corrected chi connectivity index (χ2v) is 10.3. The number of thiophene rings is 1. The van der Waals surface area contributed by atoms with Gasteiger partial charge in [-0.05, 0) is 84.7 Å². The maximum absolute atomic E-state index is 13.7. The normalized spacial score (nSPS) is 16.8. The maximum atomic E-state index is 13.7. The van der Waals surface area contributed by atoms with Crippen molar-refractivity contribution in [2.75, 3.05) is 33.4 Å². The smallest absolute Gasteiger partial charge is 0.254 e. The average molecular weight is 509 g/mol. The summed E-state index contributed by atoms with van der Waals surface area (Å²) in [5.41, 5.74) is 1.59. The van der Waals surface area contributed by atoms with Crippen LogP contribution in [0.4, 0.5) is 4.39 Å². The summed E-state index contributed by atoms with van der Waals surface area (Å²) in [7, 11) is 1.57. The Balaban J connectivity index is 1.34. The Hall–Kier alpha value is -3.39. The third kappa shape index (κ3) is 5.54. The molecule has 0 radical (unpaired) electrons. The van der Waals surface area contributed by atoms with E-state index in [9.17, 15) is 14.0 Å². The van der Waals surface area contributed by atoms with Crippen LogP contribution in [0.3, 0.4) is 0 Å². The Bertz CT molecular complexity index is 1220. The quantitative estimate of drug-likeness (QED) is 0.410. The number of methoxy groups -OCH3 is 1. The van der Waals surface area contributed by atoms with Crippen LogP contribution in [0.1, 0.15) is 39.7 Å². The predicted octanol–water partition coefficient (Wildman–Crippen LogP) is 4.95. The van der Waals surface area contributed by atoms with Crippen molar-refractivity contribution >= 4 is 23.2 Å². The van der Waals surface area contributed by atoms with Gasteiger partial charge in [0.15, 0.2) is 0 Å². The van der Waals surface area contributed by atoms with Gasteiger partial charge in [0.1, 0.15) is 30.5 Å². The topological polar surface area (TPSA) is 59.1 Å². The van der Waals surface area contributed by atoms with Crippen molar-refractivity contribution in [2.45, 2.75) is 25.3 Å². The molecule has 0 saturated heterocycles. The van der Waals surface area contributed by atoms with Crippen LogP contribution in [0, 0.1) is 11.7 Å². The molecular weight excluding hydrogens is 479 g/mol. The van der Waals surface area contributed by atoms with Gasteiger partial charge < -0.3 is 19.3 Å². The number of rotatable bonds is 9. The number of nitrogens with zero attached hydrogens (tertiary/aromatic N) is 2. The molecule has 1 saturated carbocycles. The Labute approximate surface area is 214 Å². The predicted molar refractivity (Wildman–Crippen MR) is 136 cm³/mol. The van der Waals surface area contributed by atoms with Gasteiger partial charge in [-0.2, -0.15) is 0 Å². The van der Waals surface area contributed by atoms with Crippen LogP contribution in [-0.4, -0.2) is 55.0 Å². The molecule has 1 aliphatic heterocycles. The molecular formula is C28H29FN2O4S. The Morgan fingerprint density at radius 2 is 1.92 bits per heavy atom. The minimum atomic E-state index is -0.326. The summed E-state index contributed by atoms with van der Waals surface area (Å²) in [6.07, 6.45) is 2.93. The molecule has 2 aromatic carbocycles. The van der Waals surface area contributed by atoms with E-state index in [1.54, 1.807) is 59.7 Å². The fourth-order valence-electron chi connectivity index (χ4n) is 4.60. The van der Waals surface area contributed by atoms with Gasteiger partial charge in [-0.1, -0.05) is 6.07 Å². The largest absolute Gasteiger partial charge is 0.497 e. The number of hydrogen-bond acceptors (Lipinski definition) is 5. The lowest BCUT2D eigenvalue weighted by atomic mass is 10.0. The van der Waals surface area contributed by atoms with Crippen LogP contribution in [-0.2, 0) is 11.2 Å². The summed E-state index contributed by atoms with van der Waals surface area (Å²) in [6.45, 7) is 1.40. The lowest BCUT2D eigenvalue weighted by Gasteiger charge is -2.37. The molecule has 3 aromatic rings. The van der Waals surface area contributed by atoms with Gasteiger partial charge in [0.2, 0.25) is 5.91 Å². The first-order valence-electron chi connectivity index (χ1n) is 12.2. The van der Waals surface area contributed by atoms with Crippen LogP contribution >= 0.6 is 11.3 Å². The van der Waals surface area contributed by atoms with Crippen LogP contribution < -0.4 is 9.47 Å². The number of amides is 2. The molecule has 6 nitrogen and oxygen atoms in total. The molecule has 1 fully saturated rings. The highest BCUT2D eigenvalue weighted by Crippen LogP contribution is 2.35. The van der Waals surface area contributed by atoms with Crippen molar-refractivity contribution in [1.82, 2.24) is 9.80 Å². The van der Waals surface area contributed by atoms with Gasteiger partial charge in [0, 0.05) is 23.5 Å². The molecule has 0 bridgehead atoms. The van der Waals surface area contributed by atoms with E-state index in [1.807, 2.05) is 16.3 Å². The lowest BCUT2D eigenvalue weighted by Crippen LogP contribution is -2.48. The molecule has 1 atom stereocenters. The number of carbonyl (C=O) groups excluding carboxylic acids is 2. The van der Waals surface area contributed by atoms with Crippen molar-refractivity contribution < 1.29 is 23.5 Å². The van der Waals surface area contributed by atoms with Crippen LogP contribution in [0.25, 0.3) is 0 Å². The minimum absolute atomic E-state index is 0.0130. The number of halogens is 1. The summed E-state index contributed by atoms with van der Waals surface area (Å²) < 4.78 is 24.6. The maximum Gasteiger partial charge on any atom is 0.254 e. The number of carbonyl (C=O) groups is 2. The van der Waals surface area contributed by atoms with E-state index < -0.39 is 0 Å². The molecule has 8 heteroatoms. The zero-order valence-electron chi connectivity index (χ0n) is 20.2. The van der Waals surface area contributed by atoms with E-state index in [0.29, 0.717) is 36.1 Å². The molecule has 1 aromatic heterocycles. The second-order valence-electron chi connectivity index (χ2n) is 9.28. The summed E-state index contributed by atoms with van der Waals surface area (Å²) in [4.78, 5) is 31.8. The fourth-order valence-corrected chi connectivity index (χ4v) is 5.53. The Morgan fingerprint density at radius 3 is 2.67 bits per heavy atom.